The molecule has 4 nitrogen and oxygen atoms in total. The SMILES string of the molecule is Cc1ncc[nH]1.Cc1ncc[nH]1.[Cl][Ti]([Cl])([Cl])[Cl]. The maximum atomic E-state index is 5.01. The summed E-state index contributed by atoms with van der Waals surface area (Å²) in [7, 11) is 20.1. The molecule has 0 aliphatic heterocycles. The molecule has 0 spiro atoms. The zero-order chi connectivity index (χ0) is 13.3. The normalized spacial score (nSPS) is 9.76. The number of rotatable bonds is 0. The molecule has 2 heterocycles. The number of nitrogens with one attached hydrogen (secondary N) is 2. The van der Waals surface area contributed by atoms with Gasteiger partial charge in [0.2, 0.25) is 0 Å². The molecule has 2 aromatic rings. The second kappa shape index (κ2) is 9.25. The molecule has 0 radical (unpaired) electrons. The molecule has 0 saturated heterocycles. The minimum atomic E-state index is -3.11. The Labute approximate surface area is 119 Å². The molecule has 17 heavy (non-hydrogen) atoms. The Kier molecular flexibility index (Phi) is 9.41. The molecule has 0 aliphatic carbocycles. The second-order valence-electron chi connectivity index (χ2n) is 2.78. The van der Waals surface area contributed by atoms with E-state index in [0.717, 1.165) is 11.6 Å². The van der Waals surface area contributed by atoms with Gasteiger partial charge in [-0.05, 0) is 13.8 Å². The van der Waals surface area contributed by atoms with Crippen molar-refractivity contribution in [1.29, 1.82) is 0 Å². The van der Waals surface area contributed by atoms with Gasteiger partial charge in [0.05, 0.1) is 0 Å². The second-order valence-corrected chi connectivity index (χ2v) is 18.3. The Bertz CT molecular complexity index is 332. The number of imidazole rings is 2. The first-order valence-electron chi connectivity index (χ1n) is 4.46. The molecule has 2 rings (SSSR count). The number of aromatic nitrogens is 4. The van der Waals surface area contributed by atoms with Crippen LogP contribution in [0.25, 0.3) is 0 Å². The Morgan fingerprint density at radius 2 is 1.18 bits per heavy atom. The predicted molar refractivity (Wildman–Crippen MR) is 70.1 cm³/mol. The van der Waals surface area contributed by atoms with Crippen molar-refractivity contribution >= 4 is 37.2 Å². The van der Waals surface area contributed by atoms with Crippen LogP contribution in [0.5, 0.6) is 0 Å². The summed E-state index contributed by atoms with van der Waals surface area (Å²) in [6.07, 6.45) is 7.06. The van der Waals surface area contributed by atoms with Gasteiger partial charge >= 0.3 is 49.6 Å². The number of aromatic amines is 2. The predicted octanol–water partition coefficient (Wildman–Crippen LogP) is 4.19. The van der Waals surface area contributed by atoms with Gasteiger partial charge in [-0.1, -0.05) is 0 Å². The van der Waals surface area contributed by atoms with Crippen molar-refractivity contribution in [2.45, 2.75) is 13.8 Å². The van der Waals surface area contributed by atoms with Crippen molar-refractivity contribution in [1.82, 2.24) is 19.9 Å². The Morgan fingerprint density at radius 1 is 0.882 bits per heavy atom. The van der Waals surface area contributed by atoms with Gasteiger partial charge < -0.3 is 9.97 Å². The zero-order valence-electron chi connectivity index (χ0n) is 9.22. The van der Waals surface area contributed by atoms with E-state index in [-0.39, 0.29) is 0 Å². The number of nitrogens with zero attached hydrogens (tertiary/aromatic N) is 2. The van der Waals surface area contributed by atoms with Gasteiger partial charge in [0, 0.05) is 24.8 Å². The van der Waals surface area contributed by atoms with E-state index >= 15 is 0 Å². The average Bonchev–Trinajstić information content (AvgIpc) is 2.76. The van der Waals surface area contributed by atoms with E-state index in [1.165, 1.54) is 0 Å². The molecule has 0 fully saturated rings. The van der Waals surface area contributed by atoms with Crippen LogP contribution < -0.4 is 0 Å². The van der Waals surface area contributed by atoms with Gasteiger partial charge in [-0.25, -0.2) is 9.97 Å². The van der Waals surface area contributed by atoms with Crippen molar-refractivity contribution in [3.8, 4) is 0 Å². The fourth-order valence-electron chi connectivity index (χ4n) is 0.688. The molecule has 9 heteroatoms. The summed E-state index contributed by atoms with van der Waals surface area (Å²) in [5.41, 5.74) is 0. The van der Waals surface area contributed by atoms with Gasteiger partial charge in [-0.15, -0.1) is 0 Å². The zero-order valence-corrected chi connectivity index (χ0v) is 13.8. The molecule has 0 unspecified atom stereocenters. The average molecular weight is 354 g/mol. The molecule has 0 atom stereocenters. The third-order valence-corrected chi connectivity index (χ3v) is 1.27. The topological polar surface area (TPSA) is 57.4 Å². The molecule has 0 bridgehead atoms. The molecular formula is C8H12Cl4N4Ti. The van der Waals surface area contributed by atoms with Crippen LogP contribution >= 0.6 is 37.2 Å². The van der Waals surface area contributed by atoms with Crippen LogP contribution in [-0.4, -0.2) is 19.9 Å². The van der Waals surface area contributed by atoms with Crippen LogP contribution in [0.15, 0.2) is 24.8 Å². The molecule has 0 aliphatic rings. The Morgan fingerprint density at radius 3 is 1.24 bits per heavy atom. The monoisotopic (exact) mass is 352 g/mol. The van der Waals surface area contributed by atoms with E-state index in [1.54, 1.807) is 24.8 Å². The number of H-pyrrole nitrogens is 2. The first kappa shape index (κ1) is 17.3. The molecule has 0 aromatic carbocycles. The summed E-state index contributed by atoms with van der Waals surface area (Å²) in [5, 5.41) is 0. The van der Waals surface area contributed by atoms with Gasteiger partial charge in [0.1, 0.15) is 11.6 Å². The molecular weight excluding hydrogens is 342 g/mol. The number of hydrogen-bond acceptors (Lipinski definition) is 2. The van der Waals surface area contributed by atoms with Crippen molar-refractivity contribution in [3.05, 3.63) is 36.4 Å². The van der Waals surface area contributed by atoms with Crippen LogP contribution in [0, 0.1) is 13.8 Å². The van der Waals surface area contributed by atoms with E-state index in [9.17, 15) is 0 Å². The van der Waals surface area contributed by atoms with E-state index in [0.29, 0.717) is 0 Å². The van der Waals surface area contributed by atoms with Crippen LogP contribution in [0.1, 0.15) is 11.6 Å². The summed E-state index contributed by atoms with van der Waals surface area (Å²) < 4.78 is 0. The van der Waals surface area contributed by atoms with Crippen LogP contribution in [0.2, 0.25) is 0 Å². The number of hydrogen-bond donors (Lipinski definition) is 2. The molecule has 96 valence electrons. The summed E-state index contributed by atoms with van der Waals surface area (Å²) >= 11 is -3.11. The minimum absolute atomic E-state index is 0.968. The van der Waals surface area contributed by atoms with E-state index in [1.807, 2.05) is 13.8 Å². The van der Waals surface area contributed by atoms with Crippen LogP contribution in [0.4, 0.5) is 0 Å². The van der Waals surface area contributed by atoms with E-state index < -0.39 is 12.3 Å². The molecule has 0 saturated carbocycles. The van der Waals surface area contributed by atoms with Gasteiger partial charge in [-0.3, -0.25) is 0 Å². The number of aryl methyl sites for hydroxylation is 2. The third-order valence-electron chi connectivity index (χ3n) is 1.27. The Balaban J connectivity index is 0.000000228. The van der Waals surface area contributed by atoms with Crippen LogP contribution in [0.3, 0.4) is 0 Å². The van der Waals surface area contributed by atoms with Gasteiger partial charge in [-0.2, -0.15) is 0 Å². The van der Waals surface area contributed by atoms with E-state index in [2.05, 4.69) is 19.9 Å². The molecule has 0 amide bonds. The van der Waals surface area contributed by atoms with Crippen molar-refractivity contribution in [2.75, 3.05) is 0 Å². The van der Waals surface area contributed by atoms with Crippen LogP contribution in [-0.2, 0) is 12.3 Å². The van der Waals surface area contributed by atoms with E-state index in [4.69, 9.17) is 37.2 Å². The summed E-state index contributed by atoms with van der Waals surface area (Å²) in [4.78, 5) is 13.5. The van der Waals surface area contributed by atoms with Crippen molar-refractivity contribution in [2.24, 2.45) is 0 Å². The maximum absolute atomic E-state index is 5.01. The quantitative estimate of drug-likeness (QED) is 0.697. The number of halogens is 4. The van der Waals surface area contributed by atoms with Gasteiger partial charge in [0.25, 0.3) is 0 Å². The van der Waals surface area contributed by atoms with Gasteiger partial charge in [0.15, 0.2) is 0 Å². The first-order chi connectivity index (χ1) is 7.79. The summed E-state index contributed by atoms with van der Waals surface area (Å²) in [6, 6.07) is 0. The summed E-state index contributed by atoms with van der Waals surface area (Å²) in [6.45, 7) is 3.83. The third kappa shape index (κ3) is 16.3. The van der Waals surface area contributed by atoms with Crippen molar-refractivity contribution < 1.29 is 12.3 Å². The fraction of sp³-hybridized carbons (Fsp3) is 0.250. The van der Waals surface area contributed by atoms with Crippen molar-refractivity contribution in [3.63, 3.8) is 0 Å². The standard InChI is InChI=1S/2C4H6N2.4ClH.Ti/c2*1-4-5-2-3-6-4;;;;;/h2*2-3H,1H3,(H,5,6);4*1H;/q;;;;;;+4/p-4. The fourth-order valence-corrected chi connectivity index (χ4v) is 0.688. The first-order valence-corrected chi connectivity index (χ1v) is 13.1. The molecule has 2 aromatic heterocycles. The molecule has 2 N–H and O–H groups in total. The Hall–Kier alpha value is 0.294. The summed E-state index contributed by atoms with van der Waals surface area (Å²) in [5.74, 6) is 1.94.